The molecule has 0 unspecified atom stereocenters. The van der Waals surface area contributed by atoms with Gasteiger partial charge in [-0.15, -0.1) is 0 Å². The molecule has 0 aliphatic heterocycles. The minimum absolute atomic E-state index is 0.0418. The number of ether oxygens (including phenoxy) is 1. The average molecular weight is 511 g/mol. The summed E-state index contributed by atoms with van der Waals surface area (Å²) >= 11 is 0. The van der Waals surface area contributed by atoms with Crippen molar-refractivity contribution in [2.75, 3.05) is 25.6 Å². The first kappa shape index (κ1) is 26.2. The van der Waals surface area contributed by atoms with Gasteiger partial charge in [0, 0.05) is 30.7 Å². The number of nitrogens with zero attached hydrogens (tertiary/aromatic N) is 4. The van der Waals surface area contributed by atoms with Crippen molar-refractivity contribution in [3.63, 3.8) is 0 Å². The maximum absolute atomic E-state index is 13.5. The van der Waals surface area contributed by atoms with Crippen molar-refractivity contribution >= 4 is 40.0 Å². The summed E-state index contributed by atoms with van der Waals surface area (Å²) in [4.78, 5) is 61.4. The van der Waals surface area contributed by atoms with Crippen LogP contribution in [0.2, 0.25) is 0 Å². The molecule has 0 N–H and O–H groups in total. The Hall–Kier alpha value is -4.92. The molecule has 9 heteroatoms. The predicted molar refractivity (Wildman–Crippen MR) is 142 cm³/mol. The molecule has 0 aliphatic rings. The van der Waals surface area contributed by atoms with Crippen molar-refractivity contribution in [1.82, 2.24) is 14.9 Å². The second-order valence-corrected chi connectivity index (χ2v) is 8.62. The number of benzene rings is 3. The van der Waals surface area contributed by atoms with E-state index in [4.69, 9.17) is 0 Å². The number of fused-ring (bicyclic) bond motifs is 1. The standard InChI is InChI=1S/C29H26N4O5/c1-32(19-27(36)38-2)29(37)23-9-5-10-24(16-23)33(26(35)17-25(34)28-30-13-6-14-31-28)18-20-11-12-21-7-3-4-8-22(21)15-20/h3-16H,17-19H2,1-2H3. The molecule has 38 heavy (non-hydrogen) atoms. The Morgan fingerprint density at radius 3 is 2.32 bits per heavy atom. The number of aromatic nitrogens is 2. The fourth-order valence-corrected chi connectivity index (χ4v) is 3.96. The average Bonchev–Trinajstić information content (AvgIpc) is 2.95. The highest BCUT2D eigenvalue weighted by molar-refractivity contribution is 6.10. The topological polar surface area (TPSA) is 110 Å². The van der Waals surface area contributed by atoms with Gasteiger partial charge in [-0.2, -0.15) is 0 Å². The number of esters is 1. The zero-order valence-corrected chi connectivity index (χ0v) is 21.0. The lowest BCUT2D eigenvalue weighted by Gasteiger charge is -2.24. The van der Waals surface area contributed by atoms with E-state index in [-0.39, 0.29) is 24.5 Å². The van der Waals surface area contributed by atoms with Crippen LogP contribution >= 0.6 is 0 Å². The second kappa shape index (κ2) is 11.9. The fraction of sp³-hybridized carbons (Fsp3) is 0.172. The number of amides is 2. The summed E-state index contributed by atoms with van der Waals surface area (Å²) in [5.41, 5.74) is 1.56. The van der Waals surface area contributed by atoms with Crippen molar-refractivity contribution in [1.29, 1.82) is 0 Å². The van der Waals surface area contributed by atoms with Crippen molar-refractivity contribution in [3.8, 4) is 0 Å². The third-order valence-corrected chi connectivity index (χ3v) is 5.93. The third kappa shape index (κ3) is 6.25. The normalized spacial score (nSPS) is 10.6. The van der Waals surface area contributed by atoms with Crippen LogP contribution in [0.3, 0.4) is 0 Å². The molecule has 3 aromatic carbocycles. The third-order valence-electron chi connectivity index (χ3n) is 5.93. The van der Waals surface area contributed by atoms with E-state index < -0.39 is 30.0 Å². The smallest absolute Gasteiger partial charge is 0.325 e. The van der Waals surface area contributed by atoms with Gasteiger partial charge in [-0.3, -0.25) is 19.2 Å². The molecule has 0 saturated carbocycles. The lowest BCUT2D eigenvalue weighted by molar-refractivity contribution is -0.141. The summed E-state index contributed by atoms with van der Waals surface area (Å²) in [6, 6.07) is 21.8. The number of Topliss-reactive ketones (excluding diaryl/α,β-unsaturated/α-hetero) is 1. The number of methoxy groups -OCH3 is 1. The van der Waals surface area contributed by atoms with Gasteiger partial charge in [0.05, 0.1) is 20.1 Å². The van der Waals surface area contributed by atoms with Crippen molar-refractivity contribution in [3.05, 3.63) is 102 Å². The molecule has 1 heterocycles. The van der Waals surface area contributed by atoms with Gasteiger partial charge in [0.15, 0.2) is 5.82 Å². The molecule has 0 bridgehead atoms. The number of carbonyl (C=O) groups is 4. The van der Waals surface area contributed by atoms with Gasteiger partial charge in [0.1, 0.15) is 6.54 Å². The Bertz CT molecular complexity index is 1490. The molecule has 0 saturated heterocycles. The number of hydrogen-bond donors (Lipinski definition) is 0. The van der Waals surface area contributed by atoms with Gasteiger partial charge < -0.3 is 14.5 Å². The molecule has 0 aliphatic carbocycles. The maximum Gasteiger partial charge on any atom is 0.325 e. The van der Waals surface area contributed by atoms with Gasteiger partial charge >= 0.3 is 5.97 Å². The molecule has 0 radical (unpaired) electrons. The van der Waals surface area contributed by atoms with E-state index >= 15 is 0 Å². The van der Waals surface area contributed by atoms with Crippen LogP contribution in [-0.2, 0) is 20.9 Å². The number of hydrogen-bond acceptors (Lipinski definition) is 7. The molecule has 192 valence electrons. The first-order valence-corrected chi connectivity index (χ1v) is 11.9. The summed E-state index contributed by atoms with van der Waals surface area (Å²) in [6.07, 6.45) is 2.44. The van der Waals surface area contributed by atoms with Crippen LogP contribution in [0.4, 0.5) is 5.69 Å². The molecule has 4 aromatic rings. The highest BCUT2D eigenvalue weighted by Gasteiger charge is 2.23. The molecule has 0 spiro atoms. The van der Waals surface area contributed by atoms with Gasteiger partial charge in [-0.25, -0.2) is 9.97 Å². The number of likely N-dealkylation sites (N-methyl/N-ethyl adjacent to an activating group) is 1. The SMILES string of the molecule is COC(=O)CN(C)C(=O)c1cccc(N(Cc2ccc3ccccc3c2)C(=O)CC(=O)c2ncccn2)c1. The van der Waals surface area contributed by atoms with Gasteiger partial charge in [-0.1, -0.05) is 42.5 Å². The van der Waals surface area contributed by atoms with Crippen molar-refractivity contribution in [2.24, 2.45) is 0 Å². The highest BCUT2D eigenvalue weighted by atomic mass is 16.5. The van der Waals surface area contributed by atoms with Crippen LogP contribution in [0.1, 0.15) is 33.0 Å². The number of ketones is 1. The van der Waals surface area contributed by atoms with Crippen LogP contribution < -0.4 is 4.90 Å². The van der Waals surface area contributed by atoms with Gasteiger partial charge in [0.2, 0.25) is 11.7 Å². The van der Waals surface area contributed by atoms with E-state index in [1.54, 1.807) is 30.3 Å². The van der Waals surface area contributed by atoms with Crippen LogP contribution in [0.15, 0.2) is 85.2 Å². The number of anilines is 1. The molecule has 4 rings (SSSR count). The first-order chi connectivity index (χ1) is 18.4. The maximum atomic E-state index is 13.5. The van der Waals surface area contributed by atoms with E-state index in [2.05, 4.69) is 14.7 Å². The molecule has 0 atom stereocenters. The van der Waals surface area contributed by atoms with E-state index in [0.717, 1.165) is 16.3 Å². The Balaban J connectivity index is 1.65. The Labute approximate surface area is 219 Å². The first-order valence-electron chi connectivity index (χ1n) is 11.9. The monoisotopic (exact) mass is 510 g/mol. The lowest BCUT2D eigenvalue weighted by Crippen LogP contribution is -2.34. The van der Waals surface area contributed by atoms with Crippen LogP contribution in [0.5, 0.6) is 0 Å². The molecule has 9 nitrogen and oxygen atoms in total. The Kier molecular flexibility index (Phi) is 8.17. The summed E-state index contributed by atoms with van der Waals surface area (Å²) in [6.45, 7) is -0.0485. The Morgan fingerprint density at radius 2 is 1.58 bits per heavy atom. The number of rotatable bonds is 9. The van der Waals surface area contributed by atoms with E-state index in [0.29, 0.717) is 5.69 Å². The largest absolute Gasteiger partial charge is 0.468 e. The van der Waals surface area contributed by atoms with Crippen LogP contribution in [0, 0.1) is 0 Å². The number of carbonyl (C=O) groups excluding carboxylic acids is 4. The van der Waals surface area contributed by atoms with Crippen LogP contribution in [0.25, 0.3) is 10.8 Å². The molecule has 0 fully saturated rings. The lowest BCUT2D eigenvalue weighted by atomic mass is 10.1. The van der Waals surface area contributed by atoms with Gasteiger partial charge in [0.25, 0.3) is 5.91 Å². The van der Waals surface area contributed by atoms with E-state index in [1.165, 1.54) is 36.4 Å². The predicted octanol–water partition coefficient (Wildman–Crippen LogP) is 3.68. The molecular formula is C29H26N4O5. The minimum atomic E-state index is -0.549. The second-order valence-electron chi connectivity index (χ2n) is 8.62. The molecule has 1 aromatic heterocycles. The Morgan fingerprint density at radius 1 is 0.842 bits per heavy atom. The zero-order chi connectivity index (χ0) is 27.1. The van der Waals surface area contributed by atoms with Crippen molar-refractivity contribution < 1.29 is 23.9 Å². The van der Waals surface area contributed by atoms with Crippen molar-refractivity contribution in [2.45, 2.75) is 13.0 Å². The highest BCUT2D eigenvalue weighted by Crippen LogP contribution is 2.23. The molecular weight excluding hydrogens is 484 g/mol. The van der Waals surface area contributed by atoms with E-state index in [1.807, 2.05) is 42.5 Å². The summed E-state index contributed by atoms with van der Waals surface area (Å²) in [5, 5.41) is 2.08. The summed E-state index contributed by atoms with van der Waals surface area (Å²) in [5.74, 6) is -1.98. The van der Waals surface area contributed by atoms with Gasteiger partial charge in [-0.05, 0) is 46.7 Å². The zero-order valence-electron chi connectivity index (χ0n) is 21.0. The quantitative estimate of drug-likeness (QED) is 0.192. The fourth-order valence-electron chi connectivity index (χ4n) is 3.96. The minimum Gasteiger partial charge on any atom is -0.468 e. The van der Waals surface area contributed by atoms with Crippen LogP contribution in [-0.4, -0.2) is 59.1 Å². The molecule has 2 amide bonds. The summed E-state index contributed by atoms with van der Waals surface area (Å²) in [7, 11) is 2.74. The summed E-state index contributed by atoms with van der Waals surface area (Å²) < 4.78 is 4.64. The van der Waals surface area contributed by atoms with E-state index in [9.17, 15) is 19.2 Å².